The maximum atomic E-state index is 13.8. The fourth-order valence-electron chi connectivity index (χ4n) is 6.60. The van der Waals surface area contributed by atoms with E-state index in [1.54, 1.807) is 16.2 Å². The zero-order chi connectivity index (χ0) is 32.7. The lowest BCUT2D eigenvalue weighted by atomic mass is 9.95. The fraction of sp³-hybridized carbons (Fsp3) is 0.559. The van der Waals surface area contributed by atoms with Crippen molar-refractivity contribution in [3.63, 3.8) is 0 Å². The van der Waals surface area contributed by atoms with Gasteiger partial charge in [-0.15, -0.1) is 21.5 Å². The largest absolute Gasteiger partial charge is 0.444 e. The van der Waals surface area contributed by atoms with E-state index >= 15 is 0 Å². The van der Waals surface area contributed by atoms with Crippen LogP contribution in [0.3, 0.4) is 0 Å². The Bertz CT molecular complexity index is 1620. The van der Waals surface area contributed by atoms with Crippen LogP contribution < -0.4 is 0 Å². The molecule has 2 fully saturated rings. The Morgan fingerprint density at radius 2 is 1.63 bits per heavy atom. The molecule has 6 rings (SSSR count). The van der Waals surface area contributed by atoms with Gasteiger partial charge in [0.2, 0.25) is 5.91 Å². The van der Waals surface area contributed by atoms with Gasteiger partial charge in [-0.2, -0.15) is 0 Å². The summed E-state index contributed by atoms with van der Waals surface area (Å²) >= 11 is 7.96. The van der Waals surface area contributed by atoms with Gasteiger partial charge in [-0.3, -0.25) is 19.3 Å². The molecule has 0 bridgehead atoms. The normalized spacial score (nSPS) is 19.4. The van der Waals surface area contributed by atoms with Gasteiger partial charge in [0, 0.05) is 66.8 Å². The van der Waals surface area contributed by atoms with Crippen LogP contribution in [0.15, 0.2) is 29.3 Å². The highest BCUT2D eigenvalue weighted by Crippen LogP contribution is 2.40. The van der Waals surface area contributed by atoms with E-state index in [1.807, 2.05) is 56.9 Å². The number of halogens is 1. The van der Waals surface area contributed by atoms with E-state index in [0.29, 0.717) is 29.9 Å². The van der Waals surface area contributed by atoms with E-state index in [0.717, 1.165) is 73.2 Å². The molecule has 1 atom stereocenters. The highest BCUT2D eigenvalue weighted by atomic mass is 35.5. The molecule has 3 aromatic rings. The summed E-state index contributed by atoms with van der Waals surface area (Å²) < 4.78 is 7.64. The number of benzene rings is 1. The number of piperazine rings is 1. The second-order valence-electron chi connectivity index (χ2n) is 13.7. The second kappa shape index (κ2) is 13.1. The van der Waals surface area contributed by atoms with E-state index in [2.05, 4.69) is 33.5 Å². The monoisotopic (exact) mass is 665 g/mol. The quantitative estimate of drug-likeness (QED) is 0.333. The molecule has 0 N–H and O–H groups in total. The standard InChI is InChI=1S/C34H44ClN7O3S/c1-21-22(2)46-32-29(21)30(25-7-9-26(35)10-8-25)36-27(31-38-37-23(3)42(31)32)19-28(43)40-13-11-24(12-14-40)20-39-15-17-41(18-16-39)33(44)45-34(4,5)6/h7-10,24,27H,11-20H2,1-6H3/t27-/m0/s1. The number of likely N-dealkylation sites (tertiary alicyclic amines) is 1. The van der Waals surface area contributed by atoms with Crippen molar-refractivity contribution in [2.45, 2.75) is 72.4 Å². The Kier molecular flexibility index (Phi) is 9.29. The van der Waals surface area contributed by atoms with E-state index in [-0.39, 0.29) is 18.4 Å². The number of ether oxygens (including phenoxy) is 1. The third-order valence-corrected chi connectivity index (χ3v) is 10.7. The SMILES string of the molecule is Cc1sc2c(c1C)C(c1ccc(Cl)cc1)=N[C@@H](CC(=O)N1CCC(CN3CCN(C(=O)OC(C)(C)C)CC3)CC1)c1nnc(C)n1-2. The number of carbonyl (C=O) groups excluding carboxylic acids is 2. The molecule has 3 aliphatic heterocycles. The van der Waals surface area contributed by atoms with Gasteiger partial charge in [0.05, 0.1) is 12.1 Å². The number of piperidine rings is 1. The van der Waals surface area contributed by atoms with Crippen molar-refractivity contribution < 1.29 is 14.3 Å². The molecule has 3 aliphatic rings. The van der Waals surface area contributed by atoms with Crippen molar-refractivity contribution in [3.05, 3.63) is 62.5 Å². The van der Waals surface area contributed by atoms with Gasteiger partial charge < -0.3 is 14.5 Å². The Labute approximate surface area is 280 Å². The Morgan fingerprint density at radius 1 is 0.957 bits per heavy atom. The van der Waals surface area contributed by atoms with Gasteiger partial charge in [0.15, 0.2) is 5.82 Å². The van der Waals surface area contributed by atoms with Crippen molar-refractivity contribution in [1.82, 2.24) is 29.5 Å². The van der Waals surface area contributed by atoms with Crippen molar-refractivity contribution in [2.24, 2.45) is 10.9 Å². The van der Waals surface area contributed by atoms with E-state index in [9.17, 15) is 9.59 Å². The van der Waals surface area contributed by atoms with Crippen LogP contribution >= 0.6 is 22.9 Å². The third-order valence-electron chi connectivity index (χ3n) is 9.23. The van der Waals surface area contributed by atoms with Gasteiger partial charge in [-0.1, -0.05) is 23.7 Å². The second-order valence-corrected chi connectivity index (χ2v) is 15.3. The molecule has 2 aromatic heterocycles. The molecule has 10 nitrogen and oxygen atoms in total. The van der Waals surface area contributed by atoms with Crippen LogP contribution in [-0.4, -0.2) is 98.6 Å². The average Bonchev–Trinajstić information content (AvgIpc) is 3.49. The molecule has 0 spiro atoms. The van der Waals surface area contributed by atoms with Gasteiger partial charge in [-0.25, -0.2) is 4.79 Å². The molecule has 2 saturated heterocycles. The first kappa shape index (κ1) is 32.7. The molecule has 2 amide bonds. The number of aromatic nitrogens is 3. The van der Waals surface area contributed by atoms with Crippen LogP contribution in [0.5, 0.6) is 0 Å². The molecule has 0 unspecified atom stereocenters. The summed E-state index contributed by atoms with van der Waals surface area (Å²) in [5.41, 5.74) is 3.59. The first-order chi connectivity index (χ1) is 21.9. The summed E-state index contributed by atoms with van der Waals surface area (Å²) in [6.07, 6.45) is 1.94. The summed E-state index contributed by atoms with van der Waals surface area (Å²) in [6.45, 7) is 17.4. The van der Waals surface area contributed by atoms with Crippen molar-refractivity contribution in [2.75, 3.05) is 45.8 Å². The molecule has 1 aromatic carbocycles. The zero-order valence-corrected chi connectivity index (χ0v) is 29.2. The van der Waals surface area contributed by atoms with Crippen LogP contribution in [-0.2, 0) is 9.53 Å². The number of nitrogens with zero attached hydrogens (tertiary/aromatic N) is 7. The minimum atomic E-state index is -0.483. The maximum absolute atomic E-state index is 13.8. The van der Waals surface area contributed by atoms with Crippen molar-refractivity contribution >= 4 is 40.6 Å². The molecule has 0 aliphatic carbocycles. The van der Waals surface area contributed by atoms with Gasteiger partial charge in [0.25, 0.3) is 0 Å². The lowest BCUT2D eigenvalue weighted by Gasteiger charge is -2.39. The number of carbonyl (C=O) groups is 2. The summed E-state index contributed by atoms with van der Waals surface area (Å²) in [5.74, 6) is 2.12. The average molecular weight is 666 g/mol. The van der Waals surface area contributed by atoms with Crippen LogP contribution in [0.25, 0.3) is 5.00 Å². The maximum Gasteiger partial charge on any atom is 0.410 e. The molecule has 46 heavy (non-hydrogen) atoms. The summed E-state index contributed by atoms with van der Waals surface area (Å²) in [7, 11) is 0. The van der Waals surface area contributed by atoms with Crippen LogP contribution in [0.4, 0.5) is 4.79 Å². The van der Waals surface area contributed by atoms with Gasteiger partial charge in [-0.05, 0) is 78.0 Å². The van der Waals surface area contributed by atoms with E-state index in [4.69, 9.17) is 21.3 Å². The summed E-state index contributed by atoms with van der Waals surface area (Å²) in [4.78, 5) is 39.0. The summed E-state index contributed by atoms with van der Waals surface area (Å²) in [5, 5.41) is 10.7. The fourth-order valence-corrected chi connectivity index (χ4v) is 7.94. The smallest absolute Gasteiger partial charge is 0.410 e. The summed E-state index contributed by atoms with van der Waals surface area (Å²) in [6, 6.07) is 7.30. The highest BCUT2D eigenvalue weighted by molar-refractivity contribution is 7.15. The number of hydrogen-bond acceptors (Lipinski definition) is 8. The number of aliphatic imine (C=N–C) groups is 1. The number of aryl methyl sites for hydroxylation is 2. The number of thiophene rings is 1. The first-order valence-corrected chi connectivity index (χ1v) is 17.4. The predicted octanol–water partition coefficient (Wildman–Crippen LogP) is 5.98. The number of rotatable bonds is 5. The topological polar surface area (TPSA) is 96.2 Å². The lowest BCUT2D eigenvalue weighted by molar-refractivity contribution is -0.133. The van der Waals surface area contributed by atoms with Crippen LogP contribution in [0.2, 0.25) is 5.02 Å². The van der Waals surface area contributed by atoms with Crippen LogP contribution in [0.1, 0.15) is 79.3 Å². The number of hydrogen-bond donors (Lipinski definition) is 0. The Morgan fingerprint density at radius 3 is 2.28 bits per heavy atom. The lowest BCUT2D eigenvalue weighted by Crippen LogP contribution is -2.51. The van der Waals surface area contributed by atoms with Crippen molar-refractivity contribution in [3.8, 4) is 5.00 Å². The molecule has 12 heteroatoms. The van der Waals surface area contributed by atoms with E-state index in [1.165, 1.54) is 10.4 Å². The minimum absolute atomic E-state index is 0.0963. The van der Waals surface area contributed by atoms with Gasteiger partial charge in [0.1, 0.15) is 22.5 Å². The molecule has 5 heterocycles. The van der Waals surface area contributed by atoms with Gasteiger partial charge >= 0.3 is 6.09 Å². The molecule has 0 saturated carbocycles. The zero-order valence-electron chi connectivity index (χ0n) is 27.7. The molecule has 0 radical (unpaired) electrons. The molecular weight excluding hydrogens is 622 g/mol. The highest BCUT2D eigenvalue weighted by Gasteiger charge is 2.34. The predicted molar refractivity (Wildman–Crippen MR) is 181 cm³/mol. The number of fused-ring (bicyclic) bond motifs is 3. The minimum Gasteiger partial charge on any atom is -0.444 e. The third kappa shape index (κ3) is 6.87. The first-order valence-electron chi connectivity index (χ1n) is 16.2. The Hall–Kier alpha value is -3.28. The molecule has 246 valence electrons. The number of amides is 2. The molecular formula is C34H44ClN7O3S. The van der Waals surface area contributed by atoms with Crippen LogP contribution in [0, 0.1) is 26.7 Å². The Balaban J connectivity index is 1.12. The van der Waals surface area contributed by atoms with E-state index < -0.39 is 11.6 Å². The van der Waals surface area contributed by atoms with Crippen molar-refractivity contribution in [1.29, 1.82) is 0 Å².